The van der Waals surface area contributed by atoms with Gasteiger partial charge in [-0.05, 0) is 31.9 Å². The summed E-state index contributed by atoms with van der Waals surface area (Å²) < 4.78 is 8.30. The summed E-state index contributed by atoms with van der Waals surface area (Å²) in [5.41, 5.74) is 2.91. The number of aryl methyl sites for hydroxylation is 2. The molecule has 0 fully saturated rings. The van der Waals surface area contributed by atoms with Crippen LogP contribution in [0.3, 0.4) is 0 Å². The van der Waals surface area contributed by atoms with E-state index >= 15 is 0 Å². The van der Waals surface area contributed by atoms with Crippen molar-refractivity contribution in [3.63, 3.8) is 0 Å². The molecule has 6 nitrogen and oxygen atoms in total. The number of ether oxygens (including phenoxy) is 1. The molecule has 0 saturated carbocycles. The fourth-order valence-electron chi connectivity index (χ4n) is 2.34. The number of para-hydroxylation sites is 1. The topological polar surface area (TPSA) is 64.2 Å². The summed E-state index contributed by atoms with van der Waals surface area (Å²) in [7, 11) is 0. The van der Waals surface area contributed by atoms with Gasteiger partial charge in [-0.15, -0.1) is 0 Å². The second kappa shape index (κ2) is 7.58. The molecule has 1 aromatic heterocycles. The molecule has 0 atom stereocenters. The Bertz CT molecular complexity index is 687. The largest absolute Gasteiger partial charge is 0.463 e. The number of imidazole rings is 1. The zero-order chi connectivity index (χ0) is 16.8. The lowest BCUT2D eigenvalue weighted by Crippen LogP contribution is -2.38. The van der Waals surface area contributed by atoms with Gasteiger partial charge in [0.25, 0.3) is 5.91 Å². The maximum Gasteiger partial charge on any atom is 0.348 e. The Hall–Kier alpha value is -2.63. The number of nitrogens with one attached hydrogen (secondary N) is 1. The van der Waals surface area contributed by atoms with Crippen molar-refractivity contribution in [2.75, 3.05) is 11.9 Å². The standard InChI is InChI=1S/C17H21N3O3/c1-4-23-16(22)11-20-9-8-19(12-20)10-15(21)18-17-13(2)6-5-7-14(17)3/h5-9,12H,4,10-11H2,1-3H3/p+1. The van der Waals surface area contributed by atoms with Crippen molar-refractivity contribution < 1.29 is 18.9 Å². The van der Waals surface area contributed by atoms with Crippen LogP contribution in [0.1, 0.15) is 18.1 Å². The predicted octanol–water partition coefficient (Wildman–Crippen LogP) is 1.59. The van der Waals surface area contributed by atoms with Gasteiger partial charge in [-0.1, -0.05) is 18.2 Å². The van der Waals surface area contributed by atoms with Crippen molar-refractivity contribution >= 4 is 17.6 Å². The van der Waals surface area contributed by atoms with Crippen LogP contribution in [0.15, 0.2) is 36.9 Å². The number of anilines is 1. The maximum atomic E-state index is 12.2. The molecule has 2 aromatic rings. The van der Waals surface area contributed by atoms with E-state index in [1.807, 2.05) is 32.0 Å². The van der Waals surface area contributed by atoms with Crippen LogP contribution in [-0.2, 0) is 27.4 Å². The second-order valence-corrected chi connectivity index (χ2v) is 5.38. The van der Waals surface area contributed by atoms with Gasteiger partial charge in [0.05, 0.1) is 6.61 Å². The van der Waals surface area contributed by atoms with Crippen molar-refractivity contribution in [2.45, 2.75) is 33.9 Å². The molecule has 0 saturated heterocycles. The summed E-state index contributed by atoms with van der Waals surface area (Å²) in [5.74, 6) is -0.406. The Balaban J connectivity index is 1.96. The molecule has 1 heterocycles. The van der Waals surface area contributed by atoms with Gasteiger partial charge in [0.15, 0.2) is 13.1 Å². The first-order valence-corrected chi connectivity index (χ1v) is 7.56. The van der Waals surface area contributed by atoms with Crippen LogP contribution in [0.25, 0.3) is 0 Å². The fourth-order valence-corrected chi connectivity index (χ4v) is 2.34. The molecule has 0 aliphatic rings. The van der Waals surface area contributed by atoms with Crippen LogP contribution in [0.4, 0.5) is 5.69 Å². The monoisotopic (exact) mass is 316 g/mol. The molecule has 0 spiro atoms. The highest BCUT2D eigenvalue weighted by Crippen LogP contribution is 2.19. The van der Waals surface area contributed by atoms with Crippen molar-refractivity contribution in [1.82, 2.24) is 4.57 Å². The Morgan fingerprint density at radius 2 is 1.96 bits per heavy atom. The molecule has 6 heteroatoms. The number of nitrogens with zero attached hydrogens (tertiary/aromatic N) is 2. The molecule has 0 unspecified atom stereocenters. The highest BCUT2D eigenvalue weighted by molar-refractivity contribution is 5.91. The number of benzene rings is 1. The average molecular weight is 316 g/mol. The minimum absolute atomic E-state index is 0.110. The van der Waals surface area contributed by atoms with E-state index in [1.54, 1.807) is 34.8 Å². The zero-order valence-electron chi connectivity index (χ0n) is 13.7. The van der Waals surface area contributed by atoms with Gasteiger partial charge in [0.2, 0.25) is 6.33 Å². The quantitative estimate of drug-likeness (QED) is 0.650. The van der Waals surface area contributed by atoms with Crippen LogP contribution >= 0.6 is 0 Å². The van der Waals surface area contributed by atoms with Gasteiger partial charge in [0.1, 0.15) is 12.4 Å². The lowest BCUT2D eigenvalue weighted by atomic mass is 10.1. The van der Waals surface area contributed by atoms with E-state index in [1.165, 1.54) is 0 Å². The first kappa shape index (κ1) is 16.7. The molecule has 1 N–H and O–H groups in total. The molecule has 122 valence electrons. The van der Waals surface area contributed by atoms with E-state index in [0.717, 1.165) is 16.8 Å². The molecule has 0 aliphatic carbocycles. The number of rotatable bonds is 6. The first-order chi connectivity index (χ1) is 11.0. The number of carbonyl (C=O) groups excluding carboxylic acids is 2. The van der Waals surface area contributed by atoms with Gasteiger partial charge in [-0.3, -0.25) is 4.79 Å². The third-order valence-corrected chi connectivity index (χ3v) is 3.43. The molecule has 0 radical (unpaired) electrons. The lowest BCUT2D eigenvalue weighted by molar-refractivity contribution is -0.683. The highest BCUT2D eigenvalue weighted by Gasteiger charge is 2.13. The normalized spacial score (nSPS) is 10.4. The predicted molar refractivity (Wildman–Crippen MR) is 85.8 cm³/mol. The Morgan fingerprint density at radius 1 is 1.26 bits per heavy atom. The van der Waals surface area contributed by atoms with E-state index in [0.29, 0.717) is 6.61 Å². The molecule has 0 bridgehead atoms. The number of amides is 1. The van der Waals surface area contributed by atoms with Gasteiger partial charge in [-0.2, -0.15) is 0 Å². The van der Waals surface area contributed by atoms with E-state index in [9.17, 15) is 9.59 Å². The smallest absolute Gasteiger partial charge is 0.348 e. The number of carbonyl (C=O) groups is 2. The minimum atomic E-state index is -0.296. The zero-order valence-corrected chi connectivity index (χ0v) is 13.7. The molecular weight excluding hydrogens is 294 g/mol. The number of esters is 1. The van der Waals surface area contributed by atoms with Gasteiger partial charge in [0, 0.05) is 5.69 Å². The van der Waals surface area contributed by atoms with E-state index in [-0.39, 0.29) is 25.0 Å². The molecule has 2 rings (SSSR count). The number of hydrogen-bond donors (Lipinski definition) is 1. The van der Waals surface area contributed by atoms with Gasteiger partial charge in [-0.25, -0.2) is 13.9 Å². The third-order valence-electron chi connectivity index (χ3n) is 3.43. The summed E-state index contributed by atoms with van der Waals surface area (Å²) in [5, 5.41) is 2.94. The summed E-state index contributed by atoms with van der Waals surface area (Å²) in [6.45, 7) is 6.38. The van der Waals surface area contributed by atoms with Crippen LogP contribution in [-0.4, -0.2) is 23.1 Å². The van der Waals surface area contributed by atoms with E-state index in [2.05, 4.69) is 5.32 Å². The summed E-state index contributed by atoms with van der Waals surface area (Å²) >= 11 is 0. The van der Waals surface area contributed by atoms with Crippen molar-refractivity contribution in [1.29, 1.82) is 0 Å². The third kappa shape index (κ3) is 4.67. The average Bonchev–Trinajstić information content (AvgIpc) is 2.90. The van der Waals surface area contributed by atoms with Gasteiger partial charge >= 0.3 is 5.97 Å². The van der Waals surface area contributed by atoms with E-state index in [4.69, 9.17) is 4.74 Å². The van der Waals surface area contributed by atoms with Crippen molar-refractivity contribution in [2.24, 2.45) is 0 Å². The Kier molecular flexibility index (Phi) is 5.51. The van der Waals surface area contributed by atoms with E-state index < -0.39 is 0 Å². The minimum Gasteiger partial charge on any atom is -0.463 e. The Morgan fingerprint density at radius 3 is 2.61 bits per heavy atom. The first-order valence-electron chi connectivity index (χ1n) is 7.56. The van der Waals surface area contributed by atoms with Crippen LogP contribution in [0, 0.1) is 13.8 Å². The van der Waals surface area contributed by atoms with Crippen molar-refractivity contribution in [3.8, 4) is 0 Å². The summed E-state index contributed by atoms with van der Waals surface area (Å²) in [4.78, 5) is 23.6. The second-order valence-electron chi connectivity index (χ2n) is 5.38. The number of hydrogen-bond acceptors (Lipinski definition) is 3. The maximum absolute atomic E-state index is 12.2. The number of aromatic nitrogens is 2. The molecule has 1 amide bonds. The van der Waals surface area contributed by atoms with Crippen LogP contribution in [0.5, 0.6) is 0 Å². The van der Waals surface area contributed by atoms with Crippen molar-refractivity contribution in [3.05, 3.63) is 48.0 Å². The SMILES string of the molecule is CCOC(=O)Cn1cc[n+](CC(=O)Nc2c(C)cccc2C)c1. The Labute approximate surface area is 135 Å². The highest BCUT2D eigenvalue weighted by atomic mass is 16.5. The van der Waals surface area contributed by atoms with Crippen LogP contribution in [0.2, 0.25) is 0 Å². The summed E-state index contributed by atoms with van der Waals surface area (Å²) in [6, 6.07) is 5.89. The fraction of sp³-hybridized carbons (Fsp3) is 0.353. The summed E-state index contributed by atoms with van der Waals surface area (Å²) in [6.07, 6.45) is 5.20. The lowest BCUT2D eigenvalue weighted by Gasteiger charge is -2.10. The molecule has 23 heavy (non-hydrogen) atoms. The molecule has 1 aromatic carbocycles. The molecular formula is C17H22N3O3+. The van der Waals surface area contributed by atoms with Crippen LogP contribution < -0.4 is 9.88 Å². The van der Waals surface area contributed by atoms with Gasteiger partial charge < -0.3 is 10.1 Å². The molecule has 0 aliphatic heterocycles.